The molecule has 8 nitrogen and oxygen atoms in total. The lowest BCUT2D eigenvalue weighted by Gasteiger charge is -2.29. The predicted molar refractivity (Wildman–Crippen MR) is 101 cm³/mol. The predicted octanol–water partition coefficient (Wildman–Crippen LogP) is 2.22. The Balaban J connectivity index is 1.59. The van der Waals surface area contributed by atoms with Gasteiger partial charge in [0, 0.05) is 24.9 Å². The average Bonchev–Trinajstić information content (AvgIpc) is 3.11. The fourth-order valence-electron chi connectivity index (χ4n) is 3.48. The van der Waals surface area contributed by atoms with Crippen LogP contribution in [-0.2, 0) is 19.5 Å². The first kappa shape index (κ1) is 20.4. The fraction of sp³-hybridized carbons (Fsp3) is 0.333. The van der Waals surface area contributed by atoms with Crippen LogP contribution in [0, 0.1) is 0 Å². The normalized spacial score (nSPS) is 15.2. The van der Waals surface area contributed by atoms with E-state index in [1.165, 1.54) is 24.5 Å². The molecule has 4 rings (SSSR count). The first-order valence-corrected chi connectivity index (χ1v) is 9.33. The van der Waals surface area contributed by atoms with Crippen molar-refractivity contribution in [2.75, 3.05) is 11.4 Å². The summed E-state index contributed by atoms with van der Waals surface area (Å²) >= 11 is 6.08. The van der Waals surface area contributed by atoms with Gasteiger partial charge < -0.3 is 14.6 Å². The van der Waals surface area contributed by atoms with E-state index in [9.17, 15) is 23.1 Å². The van der Waals surface area contributed by atoms with Crippen molar-refractivity contribution in [2.24, 2.45) is 0 Å². The summed E-state index contributed by atoms with van der Waals surface area (Å²) < 4.78 is 40.7. The molecular weight excluding hydrogens is 425 g/mol. The molecule has 1 unspecified atom stereocenters. The third-order valence-electron chi connectivity index (χ3n) is 4.95. The molecule has 0 radical (unpaired) electrons. The van der Waals surface area contributed by atoms with Gasteiger partial charge >= 0.3 is 6.18 Å². The van der Waals surface area contributed by atoms with E-state index in [2.05, 4.69) is 20.2 Å². The lowest BCUT2D eigenvalue weighted by molar-refractivity contribution is -0.208. The Morgan fingerprint density at radius 2 is 2.13 bits per heavy atom. The maximum absolute atomic E-state index is 13.0. The highest BCUT2D eigenvalue weighted by Crippen LogP contribution is 2.33. The van der Waals surface area contributed by atoms with Gasteiger partial charge in [-0.25, -0.2) is 10.1 Å². The minimum absolute atomic E-state index is 0.0361. The summed E-state index contributed by atoms with van der Waals surface area (Å²) in [5.74, 6) is 0. The highest BCUT2D eigenvalue weighted by atomic mass is 35.5. The Bertz CT molecular complexity index is 1130. The second-order valence-electron chi connectivity index (χ2n) is 6.83. The Labute approximate surface area is 173 Å². The van der Waals surface area contributed by atoms with Crippen LogP contribution in [0.5, 0.6) is 0 Å². The van der Waals surface area contributed by atoms with Gasteiger partial charge in [-0.1, -0.05) is 17.7 Å². The van der Waals surface area contributed by atoms with Crippen molar-refractivity contribution >= 4 is 17.3 Å². The molecule has 1 atom stereocenters. The Morgan fingerprint density at radius 3 is 2.90 bits per heavy atom. The lowest BCUT2D eigenvalue weighted by atomic mass is 10.1. The van der Waals surface area contributed by atoms with E-state index in [1.54, 1.807) is 10.9 Å². The number of nitrogens with one attached hydrogen (secondary N) is 1. The van der Waals surface area contributed by atoms with E-state index in [-0.39, 0.29) is 17.1 Å². The number of hydrogen-bond donors (Lipinski definition) is 2. The van der Waals surface area contributed by atoms with Gasteiger partial charge in [0.2, 0.25) is 0 Å². The number of aliphatic hydroxyl groups excluding tert-OH is 1. The highest BCUT2D eigenvalue weighted by Gasteiger charge is 2.41. The Kier molecular flexibility index (Phi) is 5.24. The summed E-state index contributed by atoms with van der Waals surface area (Å²) in [7, 11) is 0. The third-order valence-corrected chi connectivity index (χ3v) is 5.31. The average molecular weight is 441 g/mol. The molecule has 0 aliphatic carbocycles. The van der Waals surface area contributed by atoms with Gasteiger partial charge in [-0.05, 0) is 11.6 Å². The zero-order chi connectivity index (χ0) is 21.5. The molecule has 158 valence electrons. The molecule has 4 heterocycles. The van der Waals surface area contributed by atoms with Crippen LogP contribution in [0.25, 0.3) is 0 Å². The highest BCUT2D eigenvalue weighted by molar-refractivity contribution is 6.32. The summed E-state index contributed by atoms with van der Waals surface area (Å²) in [4.78, 5) is 21.7. The Hall–Kier alpha value is -2.92. The van der Waals surface area contributed by atoms with Gasteiger partial charge in [0.25, 0.3) is 5.56 Å². The van der Waals surface area contributed by atoms with Gasteiger partial charge in [-0.2, -0.15) is 18.3 Å². The van der Waals surface area contributed by atoms with Crippen LogP contribution in [0.3, 0.4) is 0 Å². The van der Waals surface area contributed by atoms with Crippen LogP contribution in [0.15, 0.2) is 35.6 Å². The number of aromatic amines is 1. The van der Waals surface area contributed by atoms with Crippen LogP contribution in [0.2, 0.25) is 5.02 Å². The largest absolute Gasteiger partial charge is 0.420 e. The zero-order valence-electron chi connectivity index (χ0n) is 15.4. The smallest absolute Gasteiger partial charge is 0.378 e. The first-order chi connectivity index (χ1) is 14.3. The summed E-state index contributed by atoms with van der Waals surface area (Å²) in [6.07, 6.45) is -2.70. The SMILES string of the molecule is O=c1[nH]ncc(N2CCc3c(ncn3Cc3cccnc3C(O)C(F)(F)F)C2)c1Cl. The van der Waals surface area contributed by atoms with Gasteiger partial charge in [0.05, 0.1) is 42.7 Å². The molecule has 0 fully saturated rings. The number of halogens is 4. The molecule has 3 aromatic heterocycles. The number of pyridine rings is 1. The maximum Gasteiger partial charge on any atom is 0.420 e. The molecule has 0 saturated heterocycles. The number of aromatic nitrogens is 5. The topological polar surface area (TPSA) is 99.9 Å². The van der Waals surface area contributed by atoms with Crippen molar-refractivity contribution < 1.29 is 18.3 Å². The number of imidazole rings is 1. The number of fused-ring (bicyclic) bond motifs is 1. The van der Waals surface area contributed by atoms with Crippen molar-refractivity contribution in [3.8, 4) is 0 Å². The fourth-order valence-corrected chi connectivity index (χ4v) is 3.69. The zero-order valence-corrected chi connectivity index (χ0v) is 16.2. The second kappa shape index (κ2) is 7.73. The summed E-state index contributed by atoms with van der Waals surface area (Å²) in [6, 6.07) is 3.02. The summed E-state index contributed by atoms with van der Waals surface area (Å²) in [5, 5.41) is 15.7. The minimum atomic E-state index is -4.81. The summed E-state index contributed by atoms with van der Waals surface area (Å²) in [5.41, 5.74) is 1.41. The number of nitrogens with zero attached hydrogens (tertiary/aromatic N) is 5. The van der Waals surface area contributed by atoms with Crippen molar-refractivity contribution in [2.45, 2.75) is 31.8 Å². The number of anilines is 1. The van der Waals surface area contributed by atoms with Crippen molar-refractivity contribution in [3.63, 3.8) is 0 Å². The van der Waals surface area contributed by atoms with Crippen molar-refractivity contribution in [1.29, 1.82) is 0 Å². The van der Waals surface area contributed by atoms with Crippen LogP contribution < -0.4 is 10.5 Å². The lowest BCUT2D eigenvalue weighted by Crippen LogP contribution is -2.33. The second-order valence-corrected chi connectivity index (χ2v) is 7.21. The first-order valence-electron chi connectivity index (χ1n) is 8.95. The van der Waals surface area contributed by atoms with Crippen LogP contribution in [0.4, 0.5) is 18.9 Å². The molecule has 2 N–H and O–H groups in total. The van der Waals surface area contributed by atoms with E-state index in [4.69, 9.17) is 11.6 Å². The molecule has 0 saturated carbocycles. The van der Waals surface area contributed by atoms with E-state index in [0.29, 0.717) is 25.2 Å². The molecule has 0 amide bonds. The van der Waals surface area contributed by atoms with E-state index >= 15 is 0 Å². The molecule has 12 heteroatoms. The standard InChI is InChI=1S/C18H16ClF3N6O2/c19-14-13(6-25-26-17(14)30)27-5-3-12-11(8-27)24-9-28(12)7-10-2-1-4-23-15(10)16(29)18(20,21)22/h1-2,4,6,9,16,29H,3,5,7-8H2,(H,26,30). The van der Waals surface area contributed by atoms with Crippen LogP contribution in [-0.4, -0.2) is 42.6 Å². The number of H-pyrrole nitrogens is 1. The van der Waals surface area contributed by atoms with Crippen molar-refractivity contribution in [1.82, 2.24) is 24.7 Å². The van der Waals surface area contributed by atoms with E-state index in [0.717, 1.165) is 11.4 Å². The molecule has 1 aliphatic heterocycles. The molecular formula is C18H16ClF3N6O2. The van der Waals surface area contributed by atoms with Gasteiger partial charge in [0.15, 0.2) is 6.10 Å². The van der Waals surface area contributed by atoms with Crippen LogP contribution >= 0.6 is 11.6 Å². The third kappa shape index (κ3) is 3.77. The monoisotopic (exact) mass is 440 g/mol. The summed E-state index contributed by atoms with van der Waals surface area (Å²) in [6.45, 7) is 0.985. The van der Waals surface area contributed by atoms with Gasteiger partial charge in [-0.3, -0.25) is 9.78 Å². The minimum Gasteiger partial charge on any atom is -0.378 e. The number of aliphatic hydroxyl groups is 1. The number of alkyl halides is 3. The van der Waals surface area contributed by atoms with E-state index < -0.39 is 23.5 Å². The molecule has 0 aromatic carbocycles. The molecule has 1 aliphatic rings. The number of hydrogen-bond acceptors (Lipinski definition) is 6. The Morgan fingerprint density at radius 1 is 1.33 bits per heavy atom. The quantitative estimate of drug-likeness (QED) is 0.645. The molecule has 3 aromatic rings. The van der Waals surface area contributed by atoms with Crippen LogP contribution in [0.1, 0.15) is 28.7 Å². The van der Waals surface area contributed by atoms with Gasteiger partial charge in [0.1, 0.15) is 5.02 Å². The molecule has 0 bridgehead atoms. The number of rotatable bonds is 4. The maximum atomic E-state index is 13.0. The van der Waals surface area contributed by atoms with E-state index in [1.807, 2.05) is 4.90 Å². The van der Waals surface area contributed by atoms with Crippen molar-refractivity contribution in [3.05, 3.63) is 68.9 Å². The van der Waals surface area contributed by atoms with Gasteiger partial charge in [-0.15, -0.1) is 0 Å². The molecule has 0 spiro atoms. The molecule has 30 heavy (non-hydrogen) atoms.